The van der Waals surface area contributed by atoms with Gasteiger partial charge in [0.15, 0.2) is 0 Å². The highest BCUT2D eigenvalue weighted by atomic mass is 35.5. The summed E-state index contributed by atoms with van der Waals surface area (Å²) in [6, 6.07) is 4.51. The maximum atomic E-state index is 11.0. The third kappa shape index (κ3) is 4.32. The molecule has 106 valence electrons. The van der Waals surface area contributed by atoms with Crippen LogP contribution >= 0.6 is 11.6 Å². The Morgan fingerprint density at radius 2 is 2.05 bits per heavy atom. The van der Waals surface area contributed by atoms with Crippen molar-refractivity contribution in [2.45, 2.75) is 6.92 Å². The zero-order valence-electron chi connectivity index (χ0n) is 10.7. The number of pyridine rings is 1. The van der Waals surface area contributed by atoms with Crippen molar-refractivity contribution in [3.63, 3.8) is 0 Å². The molecule has 0 aromatic carbocycles. The fourth-order valence-corrected chi connectivity index (χ4v) is 2.09. The van der Waals surface area contributed by atoms with E-state index in [2.05, 4.69) is 19.7 Å². The summed E-state index contributed by atoms with van der Waals surface area (Å²) in [5.41, 5.74) is 0. The van der Waals surface area contributed by atoms with Crippen LogP contribution in [0.2, 0.25) is 5.15 Å². The molecule has 2 aromatic heterocycles. The summed E-state index contributed by atoms with van der Waals surface area (Å²) in [6.07, 6.45) is 2.42. The molecule has 0 aliphatic heterocycles. The van der Waals surface area contributed by atoms with Gasteiger partial charge < -0.3 is 4.74 Å². The maximum absolute atomic E-state index is 11.0. The first kappa shape index (κ1) is 14.5. The number of aromatic nitrogens is 3. The first-order valence-corrected chi connectivity index (χ1v) is 7.72. The molecule has 7 nitrogen and oxygen atoms in total. The highest BCUT2D eigenvalue weighted by Gasteiger charge is 2.05. The van der Waals surface area contributed by atoms with E-state index in [1.807, 2.05) is 0 Å². The molecule has 0 fully saturated rings. The highest BCUT2D eigenvalue weighted by molar-refractivity contribution is 7.92. The fourth-order valence-electron chi connectivity index (χ4n) is 1.37. The van der Waals surface area contributed by atoms with E-state index in [1.165, 1.54) is 18.3 Å². The molecule has 0 aliphatic carbocycles. The van der Waals surface area contributed by atoms with E-state index in [4.69, 9.17) is 16.3 Å². The number of ether oxygens (including phenoxy) is 1. The average Bonchev–Trinajstić information content (AvgIpc) is 2.28. The number of nitrogens with zero attached hydrogens (tertiary/aromatic N) is 3. The third-order valence-electron chi connectivity index (χ3n) is 2.03. The number of hydrogen-bond acceptors (Lipinski definition) is 6. The largest absolute Gasteiger partial charge is 0.437 e. The minimum absolute atomic E-state index is 0.205. The maximum Gasteiger partial charge on any atom is 0.230 e. The van der Waals surface area contributed by atoms with Gasteiger partial charge in [-0.25, -0.2) is 18.4 Å². The molecule has 2 aromatic rings. The molecule has 0 saturated carbocycles. The molecule has 1 N–H and O–H groups in total. The fraction of sp³-hybridized carbons (Fsp3) is 0.182. The number of anilines is 1. The van der Waals surface area contributed by atoms with E-state index in [9.17, 15) is 8.42 Å². The molecule has 0 radical (unpaired) electrons. The van der Waals surface area contributed by atoms with Gasteiger partial charge in [0.2, 0.25) is 15.9 Å². The van der Waals surface area contributed by atoms with Gasteiger partial charge in [-0.1, -0.05) is 11.6 Å². The van der Waals surface area contributed by atoms with Crippen molar-refractivity contribution < 1.29 is 13.2 Å². The second-order valence-corrected chi connectivity index (χ2v) is 6.07. The molecule has 0 atom stereocenters. The predicted octanol–water partition coefficient (Wildman–Crippen LogP) is 2.00. The van der Waals surface area contributed by atoms with Crippen molar-refractivity contribution in [1.29, 1.82) is 0 Å². The van der Waals surface area contributed by atoms with Gasteiger partial charge in [0.1, 0.15) is 22.5 Å². The summed E-state index contributed by atoms with van der Waals surface area (Å²) < 4.78 is 29.8. The van der Waals surface area contributed by atoms with Crippen molar-refractivity contribution in [2.24, 2.45) is 0 Å². The highest BCUT2D eigenvalue weighted by Crippen LogP contribution is 2.21. The van der Waals surface area contributed by atoms with E-state index in [0.29, 0.717) is 11.6 Å². The lowest BCUT2D eigenvalue weighted by Crippen LogP contribution is -2.10. The molecular weight excluding hydrogens is 304 g/mol. The summed E-state index contributed by atoms with van der Waals surface area (Å²) in [5, 5.41) is 0.274. The van der Waals surface area contributed by atoms with E-state index < -0.39 is 10.0 Å². The minimum Gasteiger partial charge on any atom is -0.437 e. The molecule has 20 heavy (non-hydrogen) atoms. The van der Waals surface area contributed by atoms with Gasteiger partial charge in [0, 0.05) is 6.07 Å². The smallest absolute Gasteiger partial charge is 0.230 e. The van der Waals surface area contributed by atoms with Gasteiger partial charge in [0.05, 0.1) is 12.5 Å². The Kier molecular flexibility index (Phi) is 4.05. The lowest BCUT2D eigenvalue weighted by atomic mass is 10.4. The van der Waals surface area contributed by atoms with Gasteiger partial charge in [-0.05, 0) is 19.1 Å². The van der Waals surface area contributed by atoms with Crippen LogP contribution in [0.3, 0.4) is 0 Å². The van der Waals surface area contributed by atoms with Gasteiger partial charge in [-0.3, -0.25) is 4.72 Å². The van der Waals surface area contributed by atoms with Crippen LogP contribution in [-0.2, 0) is 10.0 Å². The molecule has 0 amide bonds. The molecule has 2 rings (SSSR count). The number of nitrogens with one attached hydrogen (secondary N) is 1. The van der Waals surface area contributed by atoms with Crippen LogP contribution in [-0.4, -0.2) is 29.6 Å². The second kappa shape index (κ2) is 5.59. The molecular formula is C11H11ClN4O3S. The average molecular weight is 315 g/mol. The zero-order chi connectivity index (χ0) is 14.8. The third-order valence-corrected chi connectivity index (χ3v) is 2.81. The van der Waals surface area contributed by atoms with Crippen LogP contribution < -0.4 is 9.46 Å². The summed E-state index contributed by atoms with van der Waals surface area (Å²) in [6.45, 7) is 1.69. The molecule has 0 aliphatic rings. The summed E-state index contributed by atoms with van der Waals surface area (Å²) in [4.78, 5) is 11.9. The monoisotopic (exact) mass is 314 g/mol. The Bertz CT molecular complexity index is 699. The van der Waals surface area contributed by atoms with Crippen LogP contribution in [0, 0.1) is 6.92 Å². The molecule has 0 spiro atoms. The number of sulfonamides is 1. The Morgan fingerprint density at radius 3 is 2.60 bits per heavy atom. The lowest BCUT2D eigenvalue weighted by molar-refractivity contribution is 0.458. The van der Waals surface area contributed by atoms with Crippen LogP contribution in [0.25, 0.3) is 0 Å². The van der Waals surface area contributed by atoms with Gasteiger partial charge in [-0.2, -0.15) is 4.98 Å². The summed E-state index contributed by atoms with van der Waals surface area (Å²) in [5.74, 6) is 1.37. The molecule has 9 heteroatoms. The predicted molar refractivity (Wildman–Crippen MR) is 74.6 cm³/mol. The Hall–Kier alpha value is -1.93. The van der Waals surface area contributed by atoms with Crippen molar-refractivity contribution in [3.8, 4) is 11.6 Å². The topological polar surface area (TPSA) is 94.1 Å². The van der Waals surface area contributed by atoms with Gasteiger partial charge in [-0.15, -0.1) is 0 Å². The van der Waals surface area contributed by atoms with E-state index in [-0.39, 0.29) is 16.9 Å². The summed E-state index contributed by atoms with van der Waals surface area (Å²) >= 11 is 5.79. The van der Waals surface area contributed by atoms with Gasteiger partial charge in [0.25, 0.3) is 0 Å². The zero-order valence-corrected chi connectivity index (χ0v) is 12.2. The number of hydrogen-bond donors (Lipinski definition) is 1. The quantitative estimate of drug-likeness (QED) is 0.867. The SMILES string of the molecule is Cc1nc(Cl)cc(Oc2ccc(NS(C)(=O)=O)nc2)n1. The van der Waals surface area contributed by atoms with Crippen LogP contribution in [0.15, 0.2) is 24.4 Å². The van der Waals surface area contributed by atoms with Crippen LogP contribution in [0.4, 0.5) is 5.82 Å². The second-order valence-electron chi connectivity index (χ2n) is 3.93. The molecule has 0 saturated heterocycles. The number of rotatable bonds is 4. The van der Waals surface area contributed by atoms with Crippen molar-refractivity contribution >= 4 is 27.4 Å². The molecule has 0 bridgehead atoms. The van der Waals surface area contributed by atoms with E-state index in [1.54, 1.807) is 13.0 Å². The Balaban J connectivity index is 2.14. The van der Waals surface area contributed by atoms with Gasteiger partial charge >= 0.3 is 0 Å². The minimum atomic E-state index is -3.35. The Morgan fingerprint density at radius 1 is 1.30 bits per heavy atom. The van der Waals surface area contributed by atoms with Crippen LogP contribution in [0.1, 0.15) is 5.82 Å². The van der Waals surface area contributed by atoms with Crippen molar-refractivity contribution in [2.75, 3.05) is 11.0 Å². The Labute approximate surface area is 121 Å². The first-order valence-electron chi connectivity index (χ1n) is 5.45. The number of aryl methyl sites for hydroxylation is 1. The molecule has 0 unspecified atom stereocenters. The molecule has 2 heterocycles. The van der Waals surface area contributed by atoms with E-state index in [0.717, 1.165) is 6.26 Å². The summed E-state index contributed by atoms with van der Waals surface area (Å²) in [7, 11) is -3.35. The van der Waals surface area contributed by atoms with Crippen LogP contribution in [0.5, 0.6) is 11.6 Å². The van der Waals surface area contributed by atoms with E-state index >= 15 is 0 Å². The lowest BCUT2D eigenvalue weighted by Gasteiger charge is -2.06. The standard InChI is InChI=1S/C11H11ClN4O3S/c1-7-14-9(12)5-11(15-7)19-8-3-4-10(13-6-8)16-20(2,17)18/h3-6H,1-2H3,(H,13,16). The normalized spacial score (nSPS) is 11.2. The number of halogens is 1. The van der Waals surface area contributed by atoms with Crippen molar-refractivity contribution in [3.05, 3.63) is 35.4 Å². The first-order chi connectivity index (χ1) is 9.32. The van der Waals surface area contributed by atoms with Crippen molar-refractivity contribution in [1.82, 2.24) is 15.0 Å².